The number of benzene rings is 3. The number of ether oxygens (including phenoxy) is 2. The first-order valence-corrected chi connectivity index (χ1v) is 13.3. The van der Waals surface area contributed by atoms with Crippen LogP contribution in [0.4, 0.5) is 5.69 Å². The molecule has 3 aromatic carbocycles. The van der Waals surface area contributed by atoms with Crippen molar-refractivity contribution < 1.29 is 19.1 Å². The Balaban J connectivity index is 1.91. The van der Waals surface area contributed by atoms with Crippen LogP contribution >= 0.6 is 0 Å². The molecule has 0 aliphatic heterocycles. The second kappa shape index (κ2) is 11.8. The van der Waals surface area contributed by atoms with Crippen molar-refractivity contribution >= 4 is 28.5 Å². The molecule has 40 heavy (non-hydrogen) atoms. The average Bonchev–Trinajstić information content (AvgIpc) is 3.35. The van der Waals surface area contributed by atoms with Crippen LogP contribution in [-0.2, 0) is 16.1 Å². The van der Waals surface area contributed by atoms with Crippen LogP contribution in [0.5, 0.6) is 11.5 Å². The van der Waals surface area contributed by atoms with Gasteiger partial charge in [-0.15, -0.1) is 5.10 Å². The zero-order chi connectivity index (χ0) is 29.0. The maximum Gasteiger partial charge on any atom is 0.249 e. The number of nitrogens with zero attached hydrogens (tertiary/aromatic N) is 4. The lowest BCUT2D eigenvalue weighted by Gasteiger charge is -2.35. The second-order valence-corrected chi connectivity index (χ2v) is 10.5. The molecule has 4 aromatic rings. The van der Waals surface area contributed by atoms with Gasteiger partial charge < -0.3 is 14.8 Å². The number of anilines is 1. The first-order valence-electron chi connectivity index (χ1n) is 13.3. The quantitative estimate of drug-likeness (QED) is 0.297. The molecule has 0 saturated heterocycles. The highest BCUT2D eigenvalue weighted by Crippen LogP contribution is 2.36. The molecule has 9 nitrogen and oxygen atoms in total. The summed E-state index contributed by atoms with van der Waals surface area (Å²) in [6.45, 7) is 9.76. The number of carbonyl (C=O) groups is 2. The number of hydrogen-bond acceptors (Lipinski definition) is 6. The Bertz CT molecular complexity index is 1530. The van der Waals surface area contributed by atoms with E-state index in [4.69, 9.17) is 9.47 Å². The molecule has 1 heterocycles. The fourth-order valence-corrected chi connectivity index (χ4v) is 4.58. The first kappa shape index (κ1) is 28.6. The maximum absolute atomic E-state index is 14.4. The minimum atomic E-state index is -1.01. The van der Waals surface area contributed by atoms with Crippen molar-refractivity contribution in [3.05, 3.63) is 77.4 Å². The largest absolute Gasteiger partial charge is 0.493 e. The standard InChI is InChI=1S/C31H37N5O4/c1-8-31(4,5)32-30(38)29(22-16-17-26(39-6)27(18-22)40-7)36(24-15-11-12-20(2)21(24)3)28(37)19-35-25-14-10-9-13-23(25)33-34-35/h9-18,29H,8,19H2,1-7H3,(H,32,38)/t29-/m0/s1. The molecule has 0 spiro atoms. The number of aryl methyl sites for hydroxylation is 1. The van der Waals surface area contributed by atoms with Crippen LogP contribution in [-0.4, -0.2) is 46.6 Å². The summed E-state index contributed by atoms with van der Waals surface area (Å²) in [5.41, 5.74) is 4.04. The van der Waals surface area contributed by atoms with Gasteiger partial charge in [0.25, 0.3) is 0 Å². The van der Waals surface area contributed by atoms with Gasteiger partial charge in [-0.3, -0.25) is 14.5 Å². The van der Waals surface area contributed by atoms with Crippen LogP contribution in [0.1, 0.15) is 49.9 Å². The lowest BCUT2D eigenvalue weighted by atomic mass is 9.97. The molecule has 1 atom stereocenters. The van der Waals surface area contributed by atoms with E-state index in [9.17, 15) is 9.59 Å². The number of amides is 2. The molecule has 0 bridgehead atoms. The third kappa shape index (κ3) is 5.78. The van der Waals surface area contributed by atoms with E-state index < -0.39 is 11.6 Å². The molecule has 1 N–H and O–H groups in total. The Hall–Kier alpha value is -4.40. The fourth-order valence-electron chi connectivity index (χ4n) is 4.58. The minimum Gasteiger partial charge on any atom is -0.493 e. The number of hydrogen-bond donors (Lipinski definition) is 1. The van der Waals surface area contributed by atoms with Crippen molar-refractivity contribution in [1.29, 1.82) is 0 Å². The van der Waals surface area contributed by atoms with Gasteiger partial charge in [0.05, 0.1) is 19.7 Å². The van der Waals surface area contributed by atoms with Crippen LogP contribution in [0.15, 0.2) is 60.7 Å². The number of methoxy groups -OCH3 is 2. The molecular formula is C31H37N5O4. The third-order valence-corrected chi connectivity index (χ3v) is 7.38. The normalized spacial score (nSPS) is 12.2. The predicted octanol–water partition coefficient (Wildman–Crippen LogP) is 5.14. The Morgan fingerprint density at radius 2 is 1.73 bits per heavy atom. The van der Waals surface area contributed by atoms with Gasteiger partial charge in [0.1, 0.15) is 18.1 Å². The van der Waals surface area contributed by atoms with E-state index in [0.717, 1.165) is 16.6 Å². The second-order valence-electron chi connectivity index (χ2n) is 10.5. The van der Waals surface area contributed by atoms with E-state index in [1.54, 1.807) is 42.0 Å². The predicted molar refractivity (Wildman–Crippen MR) is 156 cm³/mol. The van der Waals surface area contributed by atoms with Crippen molar-refractivity contribution in [2.75, 3.05) is 19.1 Å². The highest BCUT2D eigenvalue weighted by molar-refractivity contribution is 6.02. The lowest BCUT2D eigenvalue weighted by Crippen LogP contribution is -2.51. The average molecular weight is 544 g/mol. The van der Waals surface area contributed by atoms with Crippen LogP contribution in [0, 0.1) is 13.8 Å². The summed E-state index contributed by atoms with van der Waals surface area (Å²) in [7, 11) is 3.10. The van der Waals surface area contributed by atoms with E-state index >= 15 is 0 Å². The highest BCUT2D eigenvalue weighted by Gasteiger charge is 2.36. The summed E-state index contributed by atoms with van der Waals surface area (Å²) in [6, 6.07) is 17.5. The van der Waals surface area contributed by atoms with Crippen molar-refractivity contribution in [3.63, 3.8) is 0 Å². The van der Waals surface area contributed by atoms with Crippen LogP contribution in [0.25, 0.3) is 11.0 Å². The Morgan fingerprint density at radius 1 is 1.00 bits per heavy atom. The highest BCUT2D eigenvalue weighted by atomic mass is 16.5. The van der Waals surface area contributed by atoms with Crippen LogP contribution in [0.2, 0.25) is 0 Å². The molecule has 0 saturated carbocycles. The summed E-state index contributed by atoms with van der Waals surface area (Å²) in [6.07, 6.45) is 0.708. The fraction of sp³-hybridized carbons (Fsp3) is 0.355. The Morgan fingerprint density at radius 3 is 2.42 bits per heavy atom. The van der Waals surface area contributed by atoms with Gasteiger partial charge in [-0.2, -0.15) is 0 Å². The molecular weight excluding hydrogens is 506 g/mol. The van der Waals surface area contributed by atoms with Crippen molar-refractivity contribution in [3.8, 4) is 11.5 Å². The third-order valence-electron chi connectivity index (χ3n) is 7.38. The van der Waals surface area contributed by atoms with Gasteiger partial charge in [-0.1, -0.05) is 42.5 Å². The SMILES string of the molecule is CCC(C)(C)NC(=O)[C@H](c1ccc(OC)c(OC)c1)N(C(=O)Cn1nnc2ccccc21)c1cccc(C)c1C. The molecule has 0 radical (unpaired) electrons. The summed E-state index contributed by atoms with van der Waals surface area (Å²) in [4.78, 5) is 30.1. The summed E-state index contributed by atoms with van der Waals surface area (Å²) >= 11 is 0. The number of para-hydroxylation sites is 1. The smallest absolute Gasteiger partial charge is 0.249 e. The summed E-state index contributed by atoms with van der Waals surface area (Å²) in [5.74, 6) is 0.367. The maximum atomic E-state index is 14.4. The van der Waals surface area contributed by atoms with Gasteiger partial charge in [0, 0.05) is 11.2 Å². The van der Waals surface area contributed by atoms with Crippen LogP contribution < -0.4 is 19.7 Å². The van der Waals surface area contributed by atoms with Crippen LogP contribution in [0.3, 0.4) is 0 Å². The first-order chi connectivity index (χ1) is 19.1. The van der Waals surface area contributed by atoms with Gasteiger partial charge in [0.15, 0.2) is 11.5 Å². The number of nitrogens with one attached hydrogen (secondary N) is 1. The van der Waals surface area contributed by atoms with Gasteiger partial charge >= 0.3 is 0 Å². The molecule has 0 fully saturated rings. The Kier molecular flexibility index (Phi) is 8.42. The van der Waals surface area contributed by atoms with Crippen molar-refractivity contribution in [1.82, 2.24) is 20.3 Å². The van der Waals surface area contributed by atoms with E-state index in [2.05, 4.69) is 15.6 Å². The summed E-state index contributed by atoms with van der Waals surface area (Å²) < 4.78 is 12.6. The molecule has 0 aliphatic rings. The molecule has 9 heteroatoms. The summed E-state index contributed by atoms with van der Waals surface area (Å²) in [5, 5.41) is 11.6. The zero-order valence-electron chi connectivity index (χ0n) is 24.2. The number of rotatable bonds is 10. The molecule has 2 amide bonds. The zero-order valence-corrected chi connectivity index (χ0v) is 24.2. The van der Waals surface area contributed by atoms with Gasteiger partial charge in [-0.25, -0.2) is 4.68 Å². The molecule has 0 unspecified atom stereocenters. The topological polar surface area (TPSA) is 98.6 Å². The monoisotopic (exact) mass is 543 g/mol. The van der Waals surface area contributed by atoms with E-state index in [1.165, 1.54) is 0 Å². The van der Waals surface area contributed by atoms with Gasteiger partial charge in [0.2, 0.25) is 11.8 Å². The van der Waals surface area contributed by atoms with Gasteiger partial charge in [-0.05, 0) is 81.1 Å². The molecule has 1 aromatic heterocycles. The van der Waals surface area contributed by atoms with Crippen molar-refractivity contribution in [2.45, 2.75) is 59.2 Å². The lowest BCUT2D eigenvalue weighted by molar-refractivity contribution is -0.128. The van der Waals surface area contributed by atoms with Crippen molar-refractivity contribution in [2.24, 2.45) is 0 Å². The molecule has 210 valence electrons. The van der Waals surface area contributed by atoms with E-state index in [1.807, 2.05) is 77.1 Å². The molecule has 0 aliphatic carbocycles. The molecule has 4 rings (SSSR count). The Labute approximate surface area is 235 Å². The van der Waals surface area contributed by atoms with E-state index in [0.29, 0.717) is 34.7 Å². The van der Waals surface area contributed by atoms with E-state index in [-0.39, 0.29) is 18.4 Å². The minimum absolute atomic E-state index is 0.109. The number of aromatic nitrogens is 3. The number of carbonyl (C=O) groups excluding carboxylic acids is 2. The number of fused-ring (bicyclic) bond motifs is 1.